The molecule has 1 atom stereocenters. The number of rotatable bonds is 6. The number of thiophene rings is 2. The number of nitrogens with zero attached hydrogens (tertiary/aromatic N) is 1. The lowest BCUT2D eigenvalue weighted by Gasteiger charge is -2.22. The molecular weight excluding hydrogens is 480 g/mol. The molecule has 1 fully saturated rings. The molecule has 2 aromatic heterocycles. The van der Waals surface area contributed by atoms with Crippen molar-refractivity contribution in [3.63, 3.8) is 0 Å². The van der Waals surface area contributed by atoms with E-state index in [2.05, 4.69) is 5.32 Å². The lowest BCUT2D eigenvalue weighted by atomic mass is 9.95. The summed E-state index contributed by atoms with van der Waals surface area (Å²) in [7, 11) is -3.82. The third-order valence-electron chi connectivity index (χ3n) is 5.51. The molecule has 0 bridgehead atoms. The zero-order chi connectivity index (χ0) is 22.2. The van der Waals surface area contributed by atoms with Gasteiger partial charge in [0, 0.05) is 11.4 Å². The smallest absolute Gasteiger partial charge is 0.341 e. The van der Waals surface area contributed by atoms with Crippen molar-refractivity contribution in [1.29, 1.82) is 0 Å². The van der Waals surface area contributed by atoms with E-state index in [-0.39, 0.29) is 17.4 Å². The monoisotopic (exact) mass is 502 g/mol. The minimum Gasteiger partial charge on any atom is -0.462 e. The van der Waals surface area contributed by atoms with Gasteiger partial charge in [-0.05, 0) is 63.1 Å². The van der Waals surface area contributed by atoms with Gasteiger partial charge in [-0.15, -0.1) is 22.7 Å². The number of carbonyl (C=O) groups is 2. The zero-order valence-corrected chi connectivity index (χ0v) is 20.2. The highest BCUT2D eigenvalue weighted by Gasteiger charge is 2.41. The number of hydrogen-bond acceptors (Lipinski definition) is 7. The van der Waals surface area contributed by atoms with Crippen molar-refractivity contribution in [3.05, 3.63) is 32.5 Å². The Morgan fingerprint density at radius 1 is 1.23 bits per heavy atom. The minimum atomic E-state index is -3.82. The second-order valence-corrected chi connectivity index (χ2v) is 12.4. The Kier molecular flexibility index (Phi) is 6.73. The van der Waals surface area contributed by atoms with Gasteiger partial charge in [0.15, 0.2) is 0 Å². The van der Waals surface area contributed by atoms with Crippen LogP contribution in [-0.2, 0) is 32.4 Å². The Bertz CT molecular complexity index is 1110. The van der Waals surface area contributed by atoms with E-state index in [0.717, 1.165) is 47.5 Å². The molecule has 1 aliphatic carbocycles. The third kappa shape index (κ3) is 4.41. The molecule has 31 heavy (non-hydrogen) atoms. The van der Waals surface area contributed by atoms with Crippen molar-refractivity contribution >= 4 is 61.2 Å². The molecule has 1 N–H and O–H groups in total. The number of fused-ring (bicyclic) bond motifs is 1. The Hall–Kier alpha value is -1.46. The number of esters is 1. The number of carbonyl (C=O) groups excluding carboxylic acids is 2. The first kappa shape index (κ1) is 22.7. The van der Waals surface area contributed by atoms with Gasteiger partial charge in [0.05, 0.1) is 16.5 Å². The number of ether oxygens (including phenoxy) is 1. The van der Waals surface area contributed by atoms with Crippen LogP contribution in [0.25, 0.3) is 0 Å². The Balaban J connectivity index is 1.61. The number of amides is 1. The molecule has 168 valence electrons. The fourth-order valence-corrected chi connectivity index (χ4v) is 8.66. The van der Waals surface area contributed by atoms with Crippen molar-refractivity contribution in [2.45, 2.75) is 55.7 Å². The molecule has 2 aromatic rings. The molecule has 4 rings (SSSR count). The molecule has 1 aliphatic heterocycles. The number of hydrogen-bond donors (Lipinski definition) is 1. The van der Waals surface area contributed by atoms with Gasteiger partial charge in [-0.3, -0.25) is 4.79 Å². The van der Waals surface area contributed by atoms with Crippen LogP contribution in [0.4, 0.5) is 5.00 Å². The van der Waals surface area contributed by atoms with Gasteiger partial charge < -0.3 is 10.1 Å². The van der Waals surface area contributed by atoms with Crippen LogP contribution in [0.2, 0.25) is 4.34 Å². The second-order valence-electron chi connectivity index (χ2n) is 7.46. The fourth-order valence-electron chi connectivity index (χ4n) is 4.11. The van der Waals surface area contributed by atoms with Crippen LogP contribution in [0.5, 0.6) is 0 Å². The van der Waals surface area contributed by atoms with Gasteiger partial charge >= 0.3 is 5.97 Å². The quantitative estimate of drug-likeness (QED) is 0.594. The third-order valence-corrected chi connectivity index (χ3v) is 10.3. The maximum absolute atomic E-state index is 13.2. The van der Waals surface area contributed by atoms with Gasteiger partial charge in [0.25, 0.3) is 10.0 Å². The summed E-state index contributed by atoms with van der Waals surface area (Å²) in [5, 5.41) is 3.31. The van der Waals surface area contributed by atoms with Crippen LogP contribution < -0.4 is 5.32 Å². The van der Waals surface area contributed by atoms with Gasteiger partial charge in [-0.2, -0.15) is 4.31 Å². The van der Waals surface area contributed by atoms with Gasteiger partial charge in [0.1, 0.15) is 15.3 Å². The van der Waals surface area contributed by atoms with E-state index in [1.807, 2.05) is 0 Å². The lowest BCUT2D eigenvalue weighted by molar-refractivity contribution is -0.119. The predicted octanol–water partition coefficient (Wildman–Crippen LogP) is 4.31. The van der Waals surface area contributed by atoms with E-state index >= 15 is 0 Å². The maximum Gasteiger partial charge on any atom is 0.341 e. The summed E-state index contributed by atoms with van der Waals surface area (Å²) in [5.41, 5.74) is 1.38. The van der Waals surface area contributed by atoms with Gasteiger partial charge in [-0.1, -0.05) is 11.6 Å². The van der Waals surface area contributed by atoms with Crippen LogP contribution in [0.3, 0.4) is 0 Å². The highest BCUT2D eigenvalue weighted by atomic mass is 35.5. The lowest BCUT2D eigenvalue weighted by Crippen LogP contribution is -2.42. The average molecular weight is 503 g/mol. The van der Waals surface area contributed by atoms with Crippen molar-refractivity contribution in [2.24, 2.45) is 0 Å². The molecule has 2 aliphatic rings. The molecular formula is C20H23ClN2O5S3. The zero-order valence-electron chi connectivity index (χ0n) is 17.0. The maximum atomic E-state index is 13.2. The molecule has 1 amide bonds. The van der Waals surface area contributed by atoms with Crippen molar-refractivity contribution in [2.75, 3.05) is 18.5 Å². The highest BCUT2D eigenvalue weighted by molar-refractivity contribution is 7.91. The first-order valence-corrected chi connectivity index (χ1v) is 13.7. The Morgan fingerprint density at radius 2 is 2.00 bits per heavy atom. The normalized spacial score (nSPS) is 19.2. The highest BCUT2D eigenvalue weighted by Crippen LogP contribution is 2.39. The summed E-state index contributed by atoms with van der Waals surface area (Å²) in [6.07, 6.45) is 4.68. The van der Waals surface area contributed by atoms with Crippen molar-refractivity contribution < 1.29 is 22.7 Å². The SMILES string of the molecule is CCOC(=O)c1c(NC(=O)C2CCCN2S(=O)(=O)c2ccc(Cl)s2)sc2c1CCCC2. The second kappa shape index (κ2) is 9.19. The number of anilines is 1. The van der Waals surface area contributed by atoms with E-state index in [1.165, 1.54) is 27.8 Å². The van der Waals surface area contributed by atoms with E-state index in [1.54, 1.807) is 6.92 Å². The van der Waals surface area contributed by atoms with Crippen molar-refractivity contribution in [1.82, 2.24) is 4.31 Å². The molecule has 1 saturated heterocycles. The number of aryl methyl sites for hydroxylation is 1. The van der Waals surface area contributed by atoms with E-state index < -0.39 is 27.9 Å². The van der Waals surface area contributed by atoms with Crippen molar-refractivity contribution in [3.8, 4) is 0 Å². The van der Waals surface area contributed by atoms with E-state index in [9.17, 15) is 18.0 Å². The molecule has 3 heterocycles. The molecule has 7 nitrogen and oxygen atoms in total. The van der Waals surface area contributed by atoms with E-state index in [0.29, 0.717) is 27.7 Å². The van der Waals surface area contributed by atoms with Crippen LogP contribution in [0.15, 0.2) is 16.3 Å². The Morgan fingerprint density at radius 3 is 2.71 bits per heavy atom. The summed E-state index contributed by atoms with van der Waals surface area (Å²) in [5.74, 6) is -0.866. The standard InChI is InChI=1S/C20H23ClN2O5S3/c1-2-28-20(25)17-12-6-3-4-8-14(12)29-19(17)22-18(24)13-7-5-11-23(13)31(26,27)16-10-9-15(21)30-16/h9-10,13H,2-8,11H2,1H3,(H,22,24). The van der Waals surface area contributed by atoms with Crippen LogP contribution >= 0.6 is 34.3 Å². The summed E-state index contributed by atoms with van der Waals surface area (Å²) >= 11 is 8.29. The average Bonchev–Trinajstić information content (AvgIpc) is 3.46. The molecule has 0 aromatic carbocycles. The van der Waals surface area contributed by atoms with Gasteiger partial charge in [0.2, 0.25) is 5.91 Å². The summed E-state index contributed by atoms with van der Waals surface area (Å²) in [6, 6.07) is 2.16. The fraction of sp³-hybridized carbons (Fsp3) is 0.500. The molecule has 1 unspecified atom stereocenters. The van der Waals surface area contributed by atoms with Gasteiger partial charge in [-0.25, -0.2) is 13.2 Å². The topological polar surface area (TPSA) is 92.8 Å². The summed E-state index contributed by atoms with van der Waals surface area (Å²) < 4.78 is 33.1. The van der Waals surface area contributed by atoms with E-state index in [4.69, 9.17) is 16.3 Å². The number of halogens is 1. The number of nitrogens with one attached hydrogen (secondary N) is 1. The molecule has 11 heteroatoms. The van der Waals surface area contributed by atoms with Crippen LogP contribution in [-0.4, -0.2) is 43.8 Å². The minimum absolute atomic E-state index is 0.121. The Labute approximate surface area is 194 Å². The summed E-state index contributed by atoms with van der Waals surface area (Å²) in [6.45, 7) is 2.25. The largest absolute Gasteiger partial charge is 0.462 e. The van der Waals surface area contributed by atoms with Crippen LogP contribution in [0.1, 0.15) is 53.4 Å². The van der Waals surface area contributed by atoms with Crippen LogP contribution in [0, 0.1) is 0 Å². The predicted molar refractivity (Wildman–Crippen MR) is 122 cm³/mol. The molecule has 0 radical (unpaired) electrons. The number of sulfonamides is 1. The summed E-state index contributed by atoms with van der Waals surface area (Å²) in [4.78, 5) is 26.9. The first-order chi connectivity index (χ1) is 14.8. The molecule has 0 saturated carbocycles. The first-order valence-electron chi connectivity index (χ1n) is 10.2. The molecule has 0 spiro atoms.